The van der Waals surface area contributed by atoms with Gasteiger partial charge in [0, 0.05) is 5.02 Å². The highest BCUT2D eigenvalue weighted by molar-refractivity contribution is 9.10. The Morgan fingerprint density at radius 2 is 1.94 bits per heavy atom. The molecular weight excluding hydrogens is 513 g/mol. The van der Waals surface area contributed by atoms with E-state index in [0.29, 0.717) is 39.8 Å². The van der Waals surface area contributed by atoms with Crippen LogP contribution in [0.4, 0.5) is 4.39 Å². The molecule has 0 radical (unpaired) electrons. The second kappa shape index (κ2) is 10.2. The van der Waals surface area contributed by atoms with Gasteiger partial charge in [-0.2, -0.15) is 0 Å². The van der Waals surface area contributed by atoms with Gasteiger partial charge in [-0.3, -0.25) is 0 Å². The largest absolute Gasteiger partial charge is 0.490 e. The third kappa shape index (κ3) is 5.43. The fraction of sp³-hybridized carbons (Fsp3) is 0.120. The number of carbonyl (C=O) groups excluding carboxylic acids is 1. The van der Waals surface area contributed by atoms with Crippen LogP contribution in [0.25, 0.3) is 6.08 Å². The van der Waals surface area contributed by atoms with E-state index in [1.807, 2.05) is 25.1 Å². The minimum atomic E-state index is -0.663. The highest BCUT2D eigenvalue weighted by Gasteiger charge is 2.26. The van der Waals surface area contributed by atoms with E-state index in [4.69, 9.17) is 25.8 Å². The number of hydrogen-bond acceptors (Lipinski definition) is 5. The van der Waals surface area contributed by atoms with Gasteiger partial charge in [0.05, 0.1) is 16.6 Å². The Bertz CT molecular complexity index is 1280. The van der Waals surface area contributed by atoms with Crippen LogP contribution in [0.15, 0.2) is 75.8 Å². The molecule has 0 aromatic heterocycles. The van der Waals surface area contributed by atoms with Crippen LogP contribution >= 0.6 is 27.5 Å². The van der Waals surface area contributed by atoms with Crippen molar-refractivity contribution in [1.82, 2.24) is 0 Å². The number of nitrogens with zero attached hydrogens (tertiary/aromatic N) is 1. The fourth-order valence-electron chi connectivity index (χ4n) is 3.17. The standard InChI is InChI=1S/C25H18BrClFNO4/c1-2-31-22-13-16(11-19(26)23(22)32-14-15-6-5-7-17(27)10-15)12-21-25(30)33-24(29-21)18-8-3-4-9-20(18)28/h3-13H,2,14H2,1H3/b21-12-. The Balaban J connectivity index is 1.62. The van der Waals surface area contributed by atoms with Crippen molar-refractivity contribution in [2.24, 2.45) is 4.99 Å². The minimum Gasteiger partial charge on any atom is -0.490 e. The van der Waals surface area contributed by atoms with Crippen molar-refractivity contribution in [2.75, 3.05) is 6.61 Å². The summed E-state index contributed by atoms with van der Waals surface area (Å²) in [5.74, 6) is -0.250. The fourth-order valence-corrected chi connectivity index (χ4v) is 3.96. The van der Waals surface area contributed by atoms with Crippen LogP contribution in [0.3, 0.4) is 0 Å². The molecule has 0 aliphatic carbocycles. The van der Waals surface area contributed by atoms with E-state index in [9.17, 15) is 9.18 Å². The predicted molar refractivity (Wildman–Crippen MR) is 128 cm³/mol. The third-order valence-corrected chi connectivity index (χ3v) is 5.46. The molecule has 8 heteroatoms. The van der Waals surface area contributed by atoms with Crippen LogP contribution in [0.1, 0.15) is 23.6 Å². The van der Waals surface area contributed by atoms with Crippen molar-refractivity contribution in [3.05, 3.63) is 98.4 Å². The molecule has 1 aliphatic rings. The molecule has 0 N–H and O–H groups in total. The summed E-state index contributed by atoms with van der Waals surface area (Å²) in [6, 6.07) is 16.9. The van der Waals surface area contributed by atoms with Crippen LogP contribution in [0.2, 0.25) is 5.02 Å². The lowest BCUT2D eigenvalue weighted by Crippen LogP contribution is -2.07. The Morgan fingerprint density at radius 1 is 1.12 bits per heavy atom. The number of halogens is 3. The molecule has 0 bridgehead atoms. The van der Waals surface area contributed by atoms with Crippen LogP contribution < -0.4 is 9.47 Å². The van der Waals surface area contributed by atoms with Gasteiger partial charge in [0.2, 0.25) is 5.90 Å². The van der Waals surface area contributed by atoms with Crippen molar-refractivity contribution >= 4 is 45.5 Å². The number of aliphatic imine (C=N–C) groups is 1. The molecule has 1 aliphatic heterocycles. The molecule has 0 atom stereocenters. The number of hydrogen-bond donors (Lipinski definition) is 0. The lowest BCUT2D eigenvalue weighted by atomic mass is 10.1. The molecule has 0 saturated carbocycles. The first-order valence-electron chi connectivity index (χ1n) is 10.1. The van der Waals surface area contributed by atoms with Crippen LogP contribution in [0, 0.1) is 5.82 Å². The smallest absolute Gasteiger partial charge is 0.363 e. The van der Waals surface area contributed by atoms with E-state index in [1.165, 1.54) is 12.1 Å². The molecule has 1 heterocycles. The quantitative estimate of drug-likeness (QED) is 0.256. The van der Waals surface area contributed by atoms with Gasteiger partial charge in [0.1, 0.15) is 12.4 Å². The van der Waals surface area contributed by atoms with Gasteiger partial charge in [-0.1, -0.05) is 35.9 Å². The van der Waals surface area contributed by atoms with E-state index in [0.717, 1.165) is 5.56 Å². The van der Waals surface area contributed by atoms with Gasteiger partial charge in [-0.15, -0.1) is 0 Å². The number of benzene rings is 3. The lowest BCUT2D eigenvalue weighted by Gasteiger charge is -2.15. The zero-order chi connectivity index (χ0) is 23.4. The van der Waals surface area contributed by atoms with Crippen LogP contribution in [-0.2, 0) is 16.1 Å². The summed E-state index contributed by atoms with van der Waals surface area (Å²) in [6.45, 7) is 2.57. The maximum atomic E-state index is 14.0. The van der Waals surface area contributed by atoms with Gasteiger partial charge in [0.15, 0.2) is 17.2 Å². The molecule has 33 heavy (non-hydrogen) atoms. The summed E-state index contributed by atoms with van der Waals surface area (Å²) < 4.78 is 31.6. The molecule has 5 nitrogen and oxygen atoms in total. The molecule has 0 unspecified atom stereocenters. The first-order valence-corrected chi connectivity index (χ1v) is 11.2. The summed E-state index contributed by atoms with van der Waals surface area (Å²) in [7, 11) is 0. The minimum absolute atomic E-state index is 0.0511. The SMILES string of the molecule is CCOc1cc(/C=C2\N=C(c3ccccc3F)OC2=O)cc(Br)c1OCc1cccc(Cl)c1. The molecule has 3 aromatic rings. The second-order valence-electron chi connectivity index (χ2n) is 7.00. The van der Waals surface area contributed by atoms with Crippen LogP contribution in [-0.4, -0.2) is 18.5 Å². The van der Waals surface area contributed by atoms with E-state index < -0.39 is 11.8 Å². The zero-order valence-electron chi connectivity index (χ0n) is 17.5. The molecule has 0 saturated heterocycles. The van der Waals surface area contributed by atoms with Crippen LogP contribution in [0.5, 0.6) is 11.5 Å². The molecule has 4 rings (SSSR count). The maximum absolute atomic E-state index is 14.0. The average molecular weight is 531 g/mol. The van der Waals surface area contributed by atoms with E-state index in [1.54, 1.807) is 36.4 Å². The number of cyclic esters (lactones) is 1. The Labute approximate surface area is 203 Å². The number of ether oxygens (including phenoxy) is 3. The average Bonchev–Trinajstić information content (AvgIpc) is 3.13. The summed E-state index contributed by atoms with van der Waals surface area (Å²) in [5, 5.41) is 0.626. The van der Waals surface area contributed by atoms with Gasteiger partial charge in [-0.05, 0) is 76.5 Å². The number of esters is 1. The Morgan fingerprint density at radius 3 is 2.70 bits per heavy atom. The van der Waals surface area contributed by atoms with Crippen molar-refractivity contribution in [3.63, 3.8) is 0 Å². The van der Waals surface area contributed by atoms with Gasteiger partial charge in [0.25, 0.3) is 0 Å². The van der Waals surface area contributed by atoms with Crippen molar-refractivity contribution in [1.29, 1.82) is 0 Å². The molecule has 0 amide bonds. The maximum Gasteiger partial charge on any atom is 0.363 e. The molecule has 168 valence electrons. The van der Waals surface area contributed by atoms with E-state index >= 15 is 0 Å². The number of rotatable bonds is 7. The van der Waals surface area contributed by atoms with E-state index in [-0.39, 0.29) is 17.2 Å². The zero-order valence-corrected chi connectivity index (χ0v) is 19.8. The predicted octanol–water partition coefficient (Wildman–Crippen LogP) is 6.56. The molecule has 0 fully saturated rings. The second-order valence-corrected chi connectivity index (χ2v) is 8.29. The normalized spacial score (nSPS) is 14.2. The van der Waals surface area contributed by atoms with Crippen molar-refractivity contribution in [3.8, 4) is 11.5 Å². The molecule has 0 spiro atoms. The van der Waals surface area contributed by atoms with E-state index in [2.05, 4.69) is 20.9 Å². The van der Waals surface area contributed by atoms with Gasteiger partial charge >= 0.3 is 5.97 Å². The summed E-state index contributed by atoms with van der Waals surface area (Å²) >= 11 is 9.56. The third-order valence-electron chi connectivity index (χ3n) is 4.63. The van der Waals surface area contributed by atoms with Crippen molar-refractivity contribution in [2.45, 2.75) is 13.5 Å². The summed E-state index contributed by atoms with van der Waals surface area (Å²) in [5.41, 5.74) is 1.71. The number of carbonyl (C=O) groups is 1. The monoisotopic (exact) mass is 529 g/mol. The summed E-state index contributed by atoms with van der Waals surface area (Å²) in [6.07, 6.45) is 1.55. The van der Waals surface area contributed by atoms with Gasteiger partial charge in [-0.25, -0.2) is 14.2 Å². The van der Waals surface area contributed by atoms with Crippen molar-refractivity contribution < 1.29 is 23.4 Å². The highest BCUT2D eigenvalue weighted by atomic mass is 79.9. The molecular formula is C25H18BrClFNO4. The topological polar surface area (TPSA) is 57.1 Å². The first-order chi connectivity index (χ1) is 15.9. The molecule has 3 aromatic carbocycles. The Kier molecular flexibility index (Phi) is 7.11. The lowest BCUT2D eigenvalue weighted by molar-refractivity contribution is -0.129. The highest BCUT2D eigenvalue weighted by Crippen LogP contribution is 2.38. The Hall–Kier alpha value is -3.16. The van der Waals surface area contributed by atoms with Gasteiger partial charge < -0.3 is 14.2 Å². The first kappa shape index (κ1) is 23.0. The summed E-state index contributed by atoms with van der Waals surface area (Å²) in [4.78, 5) is 16.5.